The number of halogens is 2. The van der Waals surface area contributed by atoms with Crippen LogP contribution in [0.5, 0.6) is 0 Å². The Morgan fingerprint density at radius 1 is 0.868 bits per heavy atom. The Morgan fingerprint density at radius 3 is 2.21 bits per heavy atom. The number of carbonyl (C=O) groups is 3. The average molecular weight is 522 g/mol. The van der Waals surface area contributed by atoms with Crippen molar-refractivity contribution in [3.05, 3.63) is 101 Å². The lowest BCUT2D eigenvalue weighted by atomic mass is 10.1. The van der Waals surface area contributed by atoms with E-state index in [0.717, 1.165) is 17.7 Å². The van der Waals surface area contributed by atoms with Gasteiger partial charge in [-0.15, -0.1) is 0 Å². The molecule has 0 atom stereocenters. The Labute approximate surface area is 216 Å². The first kappa shape index (κ1) is 26.4. The van der Waals surface area contributed by atoms with Crippen LogP contribution in [0, 0.1) is 11.6 Å². The summed E-state index contributed by atoms with van der Waals surface area (Å²) in [6, 6.07) is 12.8. The van der Waals surface area contributed by atoms with Crippen molar-refractivity contribution in [3.63, 3.8) is 0 Å². The van der Waals surface area contributed by atoms with E-state index < -0.39 is 35.0 Å². The monoisotopic (exact) mass is 521 g/mol. The van der Waals surface area contributed by atoms with E-state index in [1.54, 1.807) is 45.0 Å². The van der Waals surface area contributed by atoms with Crippen molar-refractivity contribution >= 4 is 23.4 Å². The first-order valence-electron chi connectivity index (χ1n) is 11.7. The predicted octanol–water partition coefficient (Wildman–Crippen LogP) is 3.82. The zero-order valence-electron chi connectivity index (χ0n) is 20.9. The Balaban J connectivity index is 1.44. The molecule has 0 saturated carbocycles. The Morgan fingerprint density at radius 2 is 1.53 bits per heavy atom. The molecule has 2 amide bonds. The maximum atomic E-state index is 13.4. The van der Waals surface area contributed by atoms with Crippen LogP contribution in [0.25, 0.3) is 5.65 Å². The summed E-state index contributed by atoms with van der Waals surface area (Å²) < 4.78 is 33.2. The summed E-state index contributed by atoms with van der Waals surface area (Å²) in [5.74, 6) is -3.56. The number of nitrogens with one attached hydrogen (secondary N) is 2. The number of rotatable bonds is 7. The second kappa shape index (κ2) is 10.8. The molecule has 9 nitrogen and oxygen atoms in total. The van der Waals surface area contributed by atoms with Crippen molar-refractivity contribution in [2.75, 3.05) is 0 Å². The molecule has 38 heavy (non-hydrogen) atoms. The number of amides is 2. The highest BCUT2D eigenvalue weighted by Crippen LogP contribution is 2.14. The molecule has 2 N–H and O–H groups in total. The van der Waals surface area contributed by atoms with Crippen LogP contribution in [-0.2, 0) is 17.8 Å². The molecule has 0 aliphatic carbocycles. The molecule has 4 aromatic rings. The van der Waals surface area contributed by atoms with E-state index in [9.17, 15) is 23.2 Å². The number of hydrogen-bond acceptors (Lipinski definition) is 6. The van der Waals surface area contributed by atoms with Gasteiger partial charge in [0.2, 0.25) is 0 Å². The highest BCUT2D eigenvalue weighted by Gasteiger charge is 2.19. The Hall–Kier alpha value is -4.67. The molecule has 0 fully saturated rings. The van der Waals surface area contributed by atoms with Gasteiger partial charge in [-0.1, -0.05) is 18.2 Å². The van der Waals surface area contributed by atoms with E-state index in [0.29, 0.717) is 11.1 Å². The maximum Gasteiger partial charge on any atom is 0.338 e. The number of benzene rings is 2. The quantitative estimate of drug-likeness (QED) is 0.358. The predicted molar refractivity (Wildman–Crippen MR) is 133 cm³/mol. The van der Waals surface area contributed by atoms with Crippen molar-refractivity contribution < 1.29 is 27.9 Å². The molecule has 2 aromatic carbocycles. The highest BCUT2D eigenvalue weighted by molar-refractivity contribution is 5.98. The van der Waals surface area contributed by atoms with Crippen molar-refractivity contribution in [1.82, 2.24) is 25.2 Å². The minimum Gasteiger partial charge on any atom is -0.456 e. The second-order valence-corrected chi connectivity index (χ2v) is 9.44. The molecule has 0 spiro atoms. The summed E-state index contributed by atoms with van der Waals surface area (Å²) >= 11 is 0. The number of esters is 1. The Bertz CT molecular complexity index is 1510. The van der Waals surface area contributed by atoms with Crippen molar-refractivity contribution in [3.8, 4) is 0 Å². The summed E-state index contributed by atoms with van der Waals surface area (Å²) in [7, 11) is 0. The van der Waals surface area contributed by atoms with Crippen LogP contribution in [0.3, 0.4) is 0 Å². The van der Waals surface area contributed by atoms with Gasteiger partial charge in [-0.3, -0.25) is 9.59 Å². The zero-order chi connectivity index (χ0) is 27.4. The number of ether oxygens (including phenoxy) is 1. The largest absolute Gasteiger partial charge is 0.456 e. The van der Waals surface area contributed by atoms with Crippen LogP contribution in [-0.4, -0.2) is 38.0 Å². The lowest BCUT2D eigenvalue weighted by Gasteiger charge is -2.19. The van der Waals surface area contributed by atoms with Gasteiger partial charge in [-0.05, 0) is 56.2 Å². The molecule has 0 bridgehead atoms. The van der Waals surface area contributed by atoms with Crippen LogP contribution in [0.2, 0.25) is 0 Å². The van der Waals surface area contributed by atoms with Gasteiger partial charge in [0.1, 0.15) is 17.0 Å². The van der Waals surface area contributed by atoms with Gasteiger partial charge in [0.25, 0.3) is 11.8 Å². The van der Waals surface area contributed by atoms with Gasteiger partial charge in [0, 0.05) is 25.2 Å². The van der Waals surface area contributed by atoms with E-state index in [2.05, 4.69) is 20.7 Å². The number of nitrogens with zero attached hydrogens (tertiary/aromatic N) is 3. The molecule has 11 heteroatoms. The van der Waals surface area contributed by atoms with E-state index in [1.807, 2.05) is 0 Å². The average Bonchev–Trinajstić information content (AvgIpc) is 3.35. The van der Waals surface area contributed by atoms with Crippen molar-refractivity contribution in [2.24, 2.45) is 0 Å². The van der Waals surface area contributed by atoms with Crippen molar-refractivity contribution in [2.45, 2.75) is 39.5 Å². The molecule has 2 heterocycles. The SMILES string of the molecule is CC(C)(C)OC(=O)c1ccc(CNC(=O)c2cc(C(=O)NCc3ccc(F)c(F)c3)nc3ccnn23)cc1. The highest BCUT2D eigenvalue weighted by atomic mass is 19.2. The number of carbonyl (C=O) groups excluding carboxylic acids is 3. The van der Waals surface area contributed by atoms with Gasteiger partial charge in [-0.2, -0.15) is 5.10 Å². The first-order chi connectivity index (χ1) is 18.0. The molecule has 0 unspecified atom stereocenters. The van der Waals surface area contributed by atoms with Gasteiger partial charge in [0.05, 0.1) is 11.8 Å². The third-order valence-corrected chi connectivity index (χ3v) is 5.30. The molecule has 196 valence electrons. The second-order valence-electron chi connectivity index (χ2n) is 9.44. The third-order valence-electron chi connectivity index (χ3n) is 5.30. The first-order valence-corrected chi connectivity index (χ1v) is 11.7. The summed E-state index contributed by atoms with van der Waals surface area (Å²) in [5.41, 5.74) is 1.18. The molecule has 2 aromatic heterocycles. The number of aromatic nitrogens is 3. The molecule has 0 aliphatic heterocycles. The van der Waals surface area contributed by atoms with Crippen LogP contribution in [0.4, 0.5) is 8.78 Å². The standard InChI is InChI=1S/C27H25F2N5O4/c1-27(2,3)38-26(37)18-7-4-16(5-8-18)14-31-25(36)22-13-21(33-23-10-11-32-34(22)23)24(35)30-15-17-6-9-19(28)20(29)12-17/h4-13H,14-15H2,1-3H3,(H,30,35)(H,31,36). The van der Waals surface area contributed by atoms with Crippen LogP contribution < -0.4 is 10.6 Å². The van der Waals surface area contributed by atoms with Crippen LogP contribution in [0.15, 0.2) is 60.8 Å². The zero-order valence-corrected chi connectivity index (χ0v) is 20.9. The fourth-order valence-corrected chi connectivity index (χ4v) is 3.48. The normalized spacial score (nSPS) is 11.3. The molecular formula is C27H25F2N5O4. The summed E-state index contributed by atoms with van der Waals surface area (Å²) in [6.07, 6.45) is 1.44. The molecule has 4 rings (SSSR count). The van der Waals surface area contributed by atoms with Crippen LogP contribution >= 0.6 is 0 Å². The fraction of sp³-hybridized carbons (Fsp3) is 0.222. The molecular weight excluding hydrogens is 496 g/mol. The molecule has 0 radical (unpaired) electrons. The lowest BCUT2D eigenvalue weighted by molar-refractivity contribution is 0.00692. The van der Waals surface area contributed by atoms with Gasteiger partial charge in [0.15, 0.2) is 17.3 Å². The third kappa shape index (κ3) is 6.36. The summed E-state index contributed by atoms with van der Waals surface area (Å²) in [6.45, 7) is 5.43. The number of hydrogen-bond donors (Lipinski definition) is 2. The Kier molecular flexibility index (Phi) is 7.47. The van der Waals surface area contributed by atoms with Gasteiger partial charge in [-0.25, -0.2) is 23.1 Å². The lowest BCUT2D eigenvalue weighted by Crippen LogP contribution is -2.28. The van der Waals surface area contributed by atoms with E-state index in [1.165, 1.54) is 28.9 Å². The van der Waals surface area contributed by atoms with E-state index >= 15 is 0 Å². The topological polar surface area (TPSA) is 115 Å². The van der Waals surface area contributed by atoms with Crippen molar-refractivity contribution in [1.29, 1.82) is 0 Å². The fourth-order valence-electron chi connectivity index (χ4n) is 3.48. The minimum atomic E-state index is -1.02. The molecule has 0 saturated heterocycles. The number of fused-ring (bicyclic) bond motifs is 1. The smallest absolute Gasteiger partial charge is 0.338 e. The van der Waals surface area contributed by atoms with E-state index in [4.69, 9.17) is 4.74 Å². The minimum absolute atomic E-state index is 0.0487. The van der Waals surface area contributed by atoms with Crippen LogP contribution in [0.1, 0.15) is 63.2 Å². The van der Waals surface area contributed by atoms with Gasteiger partial charge >= 0.3 is 5.97 Å². The summed E-state index contributed by atoms with van der Waals surface area (Å²) in [5, 5.41) is 9.45. The summed E-state index contributed by atoms with van der Waals surface area (Å²) in [4.78, 5) is 42.1. The maximum absolute atomic E-state index is 13.4. The molecule has 0 aliphatic rings. The van der Waals surface area contributed by atoms with Gasteiger partial charge < -0.3 is 15.4 Å². The van der Waals surface area contributed by atoms with E-state index in [-0.39, 0.29) is 30.1 Å².